The van der Waals surface area contributed by atoms with Gasteiger partial charge in [0, 0.05) is 12.1 Å². The zero-order chi connectivity index (χ0) is 23.5. The number of amides is 3. The van der Waals surface area contributed by atoms with Gasteiger partial charge in [-0.15, -0.1) is 0 Å². The first-order valence-electron chi connectivity index (χ1n) is 9.48. The third-order valence-corrected chi connectivity index (χ3v) is 4.64. The molecule has 0 radical (unpaired) electrons. The van der Waals surface area contributed by atoms with E-state index in [2.05, 4.69) is 16.0 Å². The fourth-order valence-corrected chi connectivity index (χ4v) is 3.09. The Morgan fingerprint density at radius 3 is 2.67 bits per heavy atom. The number of fused-ring (bicyclic) bond motifs is 1. The number of rotatable bonds is 5. The lowest BCUT2D eigenvalue weighted by Crippen LogP contribution is -2.49. The van der Waals surface area contributed by atoms with Crippen molar-refractivity contribution in [2.45, 2.75) is 0 Å². The maximum Gasteiger partial charge on any atom is 0.294 e. The molecule has 1 aliphatic heterocycles. The van der Waals surface area contributed by atoms with E-state index in [9.17, 15) is 29.6 Å². The molecular weight excluding hydrogens is 436 g/mol. The van der Waals surface area contributed by atoms with E-state index >= 15 is 0 Å². The van der Waals surface area contributed by atoms with Crippen molar-refractivity contribution in [2.24, 2.45) is 0 Å². The van der Waals surface area contributed by atoms with Crippen LogP contribution in [0.2, 0.25) is 0 Å². The predicted molar refractivity (Wildman–Crippen MR) is 112 cm³/mol. The van der Waals surface area contributed by atoms with Gasteiger partial charge in [0.15, 0.2) is 18.1 Å². The van der Waals surface area contributed by atoms with Gasteiger partial charge in [0.2, 0.25) is 0 Å². The van der Waals surface area contributed by atoms with Crippen LogP contribution in [-0.2, 0) is 9.59 Å². The number of nitro groups is 1. The van der Waals surface area contributed by atoms with Crippen LogP contribution in [0.4, 0.5) is 11.4 Å². The molecular formula is C20H16N6O7. The fraction of sp³-hybridized carbons (Fsp3) is 0.100. The van der Waals surface area contributed by atoms with Crippen LogP contribution >= 0.6 is 0 Å². The van der Waals surface area contributed by atoms with Crippen LogP contribution in [0, 0.1) is 10.1 Å². The quantitative estimate of drug-likeness (QED) is 0.375. The van der Waals surface area contributed by atoms with Gasteiger partial charge in [0.1, 0.15) is 12.3 Å². The van der Waals surface area contributed by atoms with Crippen LogP contribution < -0.4 is 20.5 Å². The molecule has 0 aliphatic carbocycles. The molecule has 0 saturated carbocycles. The number of para-hydroxylation sites is 1. The Hall–Kier alpha value is -4.94. The molecule has 0 bridgehead atoms. The molecule has 33 heavy (non-hydrogen) atoms. The van der Waals surface area contributed by atoms with Crippen molar-refractivity contribution >= 4 is 29.1 Å². The summed E-state index contributed by atoms with van der Waals surface area (Å²) in [6.07, 6.45) is 1.24. The summed E-state index contributed by atoms with van der Waals surface area (Å²) < 4.78 is 6.53. The molecule has 0 atom stereocenters. The van der Waals surface area contributed by atoms with E-state index in [1.54, 1.807) is 30.3 Å². The first-order valence-corrected chi connectivity index (χ1v) is 9.48. The molecule has 3 amide bonds. The highest BCUT2D eigenvalue weighted by atomic mass is 16.6. The van der Waals surface area contributed by atoms with E-state index in [-0.39, 0.29) is 29.4 Å². The number of hydrogen-bond donors (Lipinski definition) is 3. The highest BCUT2D eigenvalue weighted by Crippen LogP contribution is 2.35. The smallest absolute Gasteiger partial charge is 0.294 e. The van der Waals surface area contributed by atoms with Crippen LogP contribution in [-0.4, -0.2) is 50.7 Å². The van der Waals surface area contributed by atoms with Gasteiger partial charge in [-0.05, 0) is 18.2 Å². The van der Waals surface area contributed by atoms with Crippen LogP contribution in [0.15, 0.2) is 54.7 Å². The van der Waals surface area contributed by atoms with E-state index in [4.69, 9.17) is 4.74 Å². The zero-order valence-corrected chi connectivity index (χ0v) is 16.8. The predicted octanol–water partition coefficient (Wildman–Crippen LogP) is 0.673. The Bertz CT molecular complexity index is 1260. The standard InChI is InChI=1S/C20H16N6O7/c27-15-9-25(12-4-2-1-3-5-12)23-19(15)20(30)22-21-17(28)10-24-14-8-13(26(31)32)6-7-16(14)33-11-18(24)29/h1-9,27H,10-11H2,(H,21,28)(H,22,30). The molecule has 3 aromatic rings. The average Bonchev–Trinajstić information content (AvgIpc) is 3.21. The number of nitro benzene ring substituents is 1. The van der Waals surface area contributed by atoms with Gasteiger partial charge in [-0.2, -0.15) is 5.10 Å². The molecule has 1 aliphatic rings. The summed E-state index contributed by atoms with van der Waals surface area (Å²) in [4.78, 5) is 48.3. The summed E-state index contributed by atoms with van der Waals surface area (Å²) in [5, 5.41) is 25.1. The number of nitrogens with zero attached hydrogens (tertiary/aromatic N) is 4. The number of hydrazine groups is 1. The van der Waals surface area contributed by atoms with E-state index in [1.807, 2.05) is 0 Å². The number of carbonyl (C=O) groups excluding carboxylic acids is 3. The second kappa shape index (κ2) is 8.66. The van der Waals surface area contributed by atoms with E-state index < -0.39 is 34.9 Å². The SMILES string of the molecule is O=C(CN1C(=O)COc2ccc([N+](=O)[O-])cc21)NNC(=O)c1nn(-c2ccccc2)cc1O. The Morgan fingerprint density at radius 1 is 1.18 bits per heavy atom. The topological polar surface area (TPSA) is 169 Å². The lowest BCUT2D eigenvalue weighted by molar-refractivity contribution is -0.384. The minimum absolute atomic E-state index is 0.0566. The van der Waals surface area contributed by atoms with Gasteiger partial charge < -0.3 is 9.84 Å². The maximum atomic E-state index is 12.4. The van der Waals surface area contributed by atoms with Gasteiger partial charge in [-0.25, -0.2) is 4.68 Å². The van der Waals surface area contributed by atoms with Crippen molar-refractivity contribution < 1.29 is 29.2 Å². The zero-order valence-electron chi connectivity index (χ0n) is 16.8. The lowest BCUT2D eigenvalue weighted by Gasteiger charge is -2.28. The largest absolute Gasteiger partial charge is 0.504 e. The summed E-state index contributed by atoms with van der Waals surface area (Å²) in [5.74, 6) is -2.48. The minimum Gasteiger partial charge on any atom is -0.504 e. The Labute approximate surface area is 185 Å². The van der Waals surface area contributed by atoms with Crippen molar-refractivity contribution in [2.75, 3.05) is 18.1 Å². The van der Waals surface area contributed by atoms with Crippen molar-refractivity contribution in [1.29, 1.82) is 0 Å². The Morgan fingerprint density at radius 2 is 1.94 bits per heavy atom. The second-order valence-corrected chi connectivity index (χ2v) is 6.82. The summed E-state index contributed by atoms with van der Waals surface area (Å²) in [7, 11) is 0. The third kappa shape index (κ3) is 4.41. The van der Waals surface area contributed by atoms with Crippen molar-refractivity contribution in [1.82, 2.24) is 20.6 Å². The number of anilines is 1. The van der Waals surface area contributed by atoms with Gasteiger partial charge in [0.05, 0.1) is 22.5 Å². The van der Waals surface area contributed by atoms with Crippen molar-refractivity contribution in [3.63, 3.8) is 0 Å². The molecule has 2 aromatic carbocycles. The third-order valence-electron chi connectivity index (χ3n) is 4.64. The number of hydrogen-bond acceptors (Lipinski definition) is 8. The molecule has 4 rings (SSSR count). The highest BCUT2D eigenvalue weighted by molar-refractivity contribution is 6.03. The van der Waals surface area contributed by atoms with Gasteiger partial charge >= 0.3 is 0 Å². The van der Waals surface area contributed by atoms with Gasteiger partial charge in [0.25, 0.3) is 23.4 Å². The number of aromatic hydroxyl groups is 1. The minimum atomic E-state index is -0.889. The van der Waals surface area contributed by atoms with Crippen LogP contribution in [0.1, 0.15) is 10.5 Å². The molecule has 0 saturated heterocycles. The molecule has 13 heteroatoms. The monoisotopic (exact) mass is 452 g/mol. The van der Waals surface area contributed by atoms with E-state index in [0.29, 0.717) is 5.69 Å². The first kappa shape index (κ1) is 21.3. The van der Waals surface area contributed by atoms with Crippen molar-refractivity contribution in [3.05, 3.63) is 70.5 Å². The van der Waals surface area contributed by atoms with E-state index in [1.165, 1.54) is 23.0 Å². The number of ether oxygens (including phenoxy) is 1. The Kier molecular flexibility index (Phi) is 5.59. The second-order valence-electron chi connectivity index (χ2n) is 6.82. The Balaban J connectivity index is 1.43. The first-order chi connectivity index (χ1) is 15.8. The number of benzene rings is 2. The molecule has 0 spiro atoms. The molecule has 13 nitrogen and oxygen atoms in total. The molecule has 2 heterocycles. The van der Waals surface area contributed by atoms with Gasteiger partial charge in [-0.1, -0.05) is 18.2 Å². The van der Waals surface area contributed by atoms with Crippen LogP contribution in [0.5, 0.6) is 11.5 Å². The normalized spacial score (nSPS) is 12.5. The molecule has 1 aromatic heterocycles. The number of nitrogens with one attached hydrogen (secondary N) is 2. The fourth-order valence-electron chi connectivity index (χ4n) is 3.09. The summed E-state index contributed by atoms with van der Waals surface area (Å²) >= 11 is 0. The highest BCUT2D eigenvalue weighted by Gasteiger charge is 2.29. The van der Waals surface area contributed by atoms with Gasteiger partial charge in [-0.3, -0.25) is 40.2 Å². The summed E-state index contributed by atoms with van der Waals surface area (Å²) in [5.41, 5.74) is 4.29. The number of non-ortho nitro benzene ring substituents is 1. The summed E-state index contributed by atoms with van der Waals surface area (Å²) in [6.45, 7) is -0.893. The maximum absolute atomic E-state index is 12.4. The molecule has 0 fully saturated rings. The number of aromatic nitrogens is 2. The summed E-state index contributed by atoms with van der Waals surface area (Å²) in [6, 6.07) is 12.4. The lowest BCUT2D eigenvalue weighted by atomic mass is 10.2. The van der Waals surface area contributed by atoms with Crippen molar-refractivity contribution in [3.8, 4) is 17.2 Å². The van der Waals surface area contributed by atoms with Crippen LogP contribution in [0.3, 0.4) is 0 Å². The number of carbonyl (C=O) groups is 3. The van der Waals surface area contributed by atoms with Crippen LogP contribution in [0.25, 0.3) is 5.69 Å². The molecule has 168 valence electrons. The average molecular weight is 452 g/mol. The van der Waals surface area contributed by atoms with E-state index in [0.717, 1.165) is 11.0 Å². The molecule has 3 N–H and O–H groups in total. The molecule has 0 unspecified atom stereocenters.